The Hall–Kier alpha value is -0.670. The normalized spacial score (nSPS) is 12.1. The molecule has 0 aromatic carbocycles. The number of aliphatic hydroxyl groups excluding tert-OH is 1. The Morgan fingerprint density at radius 3 is 1.60 bits per heavy atom. The van der Waals surface area contributed by atoms with Crippen molar-refractivity contribution in [3.05, 3.63) is 0 Å². The standard InChI is InChI=1S/C19H38NO4P/c1-2-3-4-5-6-7-8-9-10-11-12-13-14-15-18(22)20(25)17(16-21)19(23)24/h17,21H,2-16,25H2,1H3,(H,23,24). The highest BCUT2D eigenvalue weighted by Crippen LogP contribution is 2.15. The number of carboxylic acid groups (broad SMARTS) is 1. The molecule has 148 valence electrons. The third-order valence-electron chi connectivity index (χ3n) is 4.58. The van der Waals surface area contributed by atoms with E-state index in [9.17, 15) is 9.59 Å². The lowest BCUT2D eigenvalue weighted by Crippen LogP contribution is -2.41. The summed E-state index contributed by atoms with van der Waals surface area (Å²) >= 11 is 0. The Morgan fingerprint density at radius 1 is 0.840 bits per heavy atom. The molecule has 2 unspecified atom stereocenters. The molecule has 1 amide bonds. The number of carbonyl (C=O) groups is 2. The predicted octanol–water partition coefficient (Wildman–Crippen LogP) is 4.53. The molecule has 2 atom stereocenters. The van der Waals surface area contributed by atoms with Gasteiger partial charge in [-0.25, -0.2) is 4.79 Å². The number of aliphatic hydroxyl groups is 1. The van der Waals surface area contributed by atoms with Crippen LogP contribution in [-0.4, -0.2) is 39.4 Å². The van der Waals surface area contributed by atoms with Crippen LogP contribution in [0.2, 0.25) is 0 Å². The van der Waals surface area contributed by atoms with Crippen LogP contribution in [0.1, 0.15) is 96.8 Å². The first kappa shape index (κ1) is 24.3. The monoisotopic (exact) mass is 375 g/mol. The quantitative estimate of drug-likeness (QED) is 0.289. The number of hydrogen-bond donors (Lipinski definition) is 2. The second-order valence-electron chi connectivity index (χ2n) is 6.83. The zero-order valence-corrected chi connectivity index (χ0v) is 17.1. The molecule has 25 heavy (non-hydrogen) atoms. The summed E-state index contributed by atoms with van der Waals surface area (Å²) in [7, 11) is 2.11. The van der Waals surface area contributed by atoms with E-state index in [1.54, 1.807) is 0 Å². The molecule has 2 N–H and O–H groups in total. The van der Waals surface area contributed by atoms with Gasteiger partial charge < -0.3 is 14.9 Å². The van der Waals surface area contributed by atoms with E-state index in [0.717, 1.165) is 23.9 Å². The number of carbonyl (C=O) groups excluding carboxylic acids is 1. The topological polar surface area (TPSA) is 77.8 Å². The Morgan fingerprint density at radius 2 is 1.24 bits per heavy atom. The highest BCUT2D eigenvalue weighted by atomic mass is 31.0. The summed E-state index contributed by atoms with van der Waals surface area (Å²) in [6, 6.07) is -1.17. The van der Waals surface area contributed by atoms with Crippen LogP contribution in [0, 0.1) is 0 Å². The van der Waals surface area contributed by atoms with Crippen molar-refractivity contribution >= 4 is 21.3 Å². The van der Waals surface area contributed by atoms with Gasteiger partial charge in [-0.2, -0.15) is 0 Å². The van der Waals surface area contributed by atoms with Gasteiger partial charge in [-0.15, -0.1) is 0 Å². The summed E-state index contributed by atoms with van der Waals surface area (Å²) in [4.78, 5) is 22.8. The minimum atomic E-state index is -1.18. The van der Waals surface area contributed by atoms with Gasteiger partial charge in [-0.05, 0) is 15.8 Å². The van der Waals surface area contributed by atoms with Crippen LogP contribution in [-0.2, 0) is 9.59 Å². The van der Waals surface area contributed by atoms with Crippen molar-refractivity contribution in [1.82, 2.24) is 4.67 Å². The SMILES string of the molecule is CCCCCCCCCCCCCCCC(=O)N(P)C(CO)C(=O)O. The van der Waals surface area contributed by atoms with Gasteiger partial charge in [0.25, 0.3) is 0 Å². The van der Waals surface area contributed by atoms with Gasteiger partial charge in [0.05, 0.1) is 6.61 Å². The number of aliphatic carboxylic acids is 1. The molecule has 0 saturated carbocycles. The largest absolute Gasteiger partial charge is 0.480 e. The molecule has 0 aromatic heterocycles. The minimum absolute atomic E-state index is 0.241. The molecule has 0 aromatic rings. The summed E-state index contributed by atoms with van der Waals surface area (Å²) in [5.74, 6) is -1.43. The number of unbranched alkanes of at least 4 members (excludes halogenated alkanes) is 12. The van der Waals surface area contributed by atoms with Crippen molar-refractivity contribution < 1.29 is 19.8 Å². The summed E-state index contributed by atoms with van der Waals surface area (Å²) in [6.07, 6.45) is 16.5. The van der Waals surface area contributed by atoms with E-state index < -0.39 is 18.6 Å². The summed E-state index contributed by atoms with van der Waals surface area (Å²) in [5, 5.41) is 17.9. The summed E-state index contributed by atoms with van der Waals surface area (Å²) < 4.78 is 1.06. The van der Waals surface area contributed by atoms with Gasteiger partial charge in [0.1, 0.15) is 0 Å². The van der Waals surface area contributed by atoms with Crippen LogP contribution < -0.4 is 0 Å². The number of carboxylic acids is 1. The molecule has 0 radical (unpaired) electrons. The average Bonchev–Trinajstić information content (AvgIpc) is 2.59. The Kier molecular flexibility index (Phi) is 16.3. The first-order valence-corrected chi connectivity index (χ1v) is 10.5. The van der Waals surface area contributed by atoms with Crippen LogP contribution in [0.5, 0.6) is 0 Å². The maximum Gasteiger partial charge on any atom is 0.329 e. The maximum absolute atomic E-state index is 11.9. The molecule has 6 heteroatoms. The van der Waals surface area contributed by atoms with Crippen LogP contribution >= 0.6 is 9.39 Å². The van der Waals surface area contributed by atoms with E-state index in [2.05, 4.69) is 16.3 Å². The van der Waals surface area contributed by atoms with Crippen molar-refractivity contribution in [2.45, 2.75) is 103 Å². The van der Waals surface area contributed by atoms with E-state index in [1.165, 1.54) is 64.2 Å². The smallest absolute Gasteiger partial charge is 0.329 e. The van der Waals surface area contributed by atoms with E-state index in [1.807, 2.05) is 0 Å². The van der Waals surface area contributed by atoms with Crippen LogP contribution in [0.25, 0.3) is 0 Å². The van der Waals surface area contributed by atoms with E-state index in [0.29, 0.717) is 6.42 Å². The first-order chi connectivity index (χ1) is 12.0. The molecule has 5 nitrogen and oxygen atoms in total. The van der Waals surface area contributed by atoms with Crippen LogP contribution in [0.3, 0.4) is 0 Å². The van der Waals surface area contributed by atoms with Crippen LogP contribution in [0.4, 0.5) is 0 Å². The summed E-state index contributed by atoms with van der Waals surface area (Å²) in [5.41, 5.74) is 0. The van der Waals surface area contributed by atoms with Gasteiger partial charge in [0, 0.05) is 6.42 Å². The number of hydrogen-bond acceptors (Lipinski definition) is 3. The fraction of sp³-hybridized carbons (Fsp3) is 0.895. The van der Waals surface area contributed by atoms with Gasteiger partial charge in [0.2, 0.25) is 5.91 Å². The highest BCUT2D eigenvalue weighted by Gasteiger charge is 2.25. The number of amides is 1. The third kappa shape index (κ3) is 13.2. The molecule has 0 aliphatic heterocycles. The van der Waals surface area contributed by atoms with Crippen molar-refractivity contribution in [1.29, 1.82) is 0 Å². The van der Waals surface area contributed by atoms with E-state index in [4.69, 9.17) is 10.2 Å². The zero-order valence-electron chi connectivity index (χ0n) is 15.9. The Bertz CT molecular complexity index is 352. The van der Waals surface area contributed by atoms with E-state index in [-0.39, 0.29) is 5.91 Å². The molecule has 0 saturated heterocycles. The average molecular weight is 375 g/mol. The van der Waals surface area contributed by atoms with Gasteiger partial charge >= 0.3 is 5.97 Å². The van der Waals surface area contributed by atoms with Crippen molar-refractivity contribution in [2.24, 2.45) is 0 Å². The molecular formula is C19H38NO4P. The van der Waals surface area contributed by atoms with E-state index >= 15 is 0 Å². The maximum atomic E-state index is 11.9. The molecular weight excluding hydrogens is 337 g/mol. The van der Waals surface area contributed by atoms with Crippen LogP contribution in [0.15, 0.2) is 0 Å². The second kappa shape index (κ2) is 16.8. The van der Waals surface area contributed by atoms with Crippen molar-refractivity contribution in [2.75, 3.05) is 6.61 Å². The number of nitrogens with zero attached hydrogens (tertiary/aromatic N) is 1. The highest BCUT2D eigenvalue weighted by molar-refractivity contribution is 7.14. The number of rotatable bonds is 17. The minimum Gasteiger partial charge on any atom is -0.480 e. The van der Waals surface area contributed by atoms with Gasteiger partial charge in [-0.1, -0.05) is 84.0 Å². The third-order valence-corrected chi connectivity index (χ3v) is 5.22. The molecule has 0 rings (SSSR count). The Labute approximate surface area is 155 Å². The Balaban J connectivity index is 3.46. The van der Waals surface area contributed by atoms with Gasteiger partial charge in [0.15, 0.2) is 6.04 Å². The molecule has 0 aliphatic carbocycles. The fourth-order valence-electron chi connectivity index (χ4n) is 2.88. The fourth-order valence-corrected chi connectivity index (χ4v) is 3.23. The molecule has 0 aliphatic rings. The lowest BCUT2D eigenvalue weighted by atomic mass is 10.0. The molecule has 0 spiro atoms. The molecule has 0 bridgehead atoms. The van der Waals surface area contributed by atoms with Crippen molar-refractivity contribution in [3.8, 4) is 0 Å². The predicted molar refractivity (Wildman–Crippen MR) is 105 cm³/mol. The lowest BCUT2D eigenvalue weighted by molar-refractivity contribution is -0.147. The second-order valence-corrected chi connectivity index (χ2v) is 7.39. The van der Waals surface area contributed by atoms with Crippen molar-refractivity contribution in [3.63, 3.8) is 0 Å². The first-order valence-electron chi connectivity index (χ1n) is 9.95. The molecule has 0 heterocycles. The lowest BCUT2D eigenvalue weighted by Gasteiger charge is -2.22. The van der Waals surface area contributed by atoms with Gasteiger partial charge in [-0.3, -0.25) is 4.79 Å². The zero-order chi connectivity index (χ0) is 18.9. The molecule has 0 fully saturated rings. The summed E-state index contributed by atoms with van der Waals surface area (Å²) in [6.45, 7) is 1.68.